The topological polar surface area (TPSA) is 94.2 Å². The van der Waals surface area contributed by atoms with E-state index in [1.807, 2.05) is 48.5 Å². The fourth-order valence-electron chi connectivity index (χ4n) is 7.36. The number of nitrogens with zero attached hydrogens (tertiary/aromatic N) is 8. The Labute approximate surface area is 217 Å². The molecule has 12 nitrogen and oxygen atoms in total. The summed E-state index contributed by atoms with van der Waals surface area (Å²) in [6.45, 7) is 1.49. The van der Waals surface area contributed by atoms with Crippen LogP contribution in [0.4, 0.5) is 19.2 Å². The average Bonchev–Trinajstić information content (AvgIpc) is 3.56. The fourth-order valence-corrected chi connectivity index (χ4v) is 7.36. The van der Waals surface area contributed by atoms with Crippen LogP contribution in [0.5, 0.6) is 0 Å². The molecule has 192 valence electrons. The van der Waals surface area contributed by atoms with Crippen LogP contribution in [0.3, 0.4) is 0 Å². The molecule has 9 heterocycles. The quantitative estimate of drug-likeness (QED) is 0.536. The molecule has 38 heavy (non-hydrogen) atoms. The number of benzene rings is 2. The second-order valence-corrected chi connectivity index (χ2v) is 11.1. The molecule has 0 unspecified atom stereocenters. The van der Waals surface area contributed by atoms with E-state index in [4.69, 9.17) is 0 Å². The van der Waals surface area contributed by atoms with Crippen LogP contribution in [0.25, 0.3) is 0 Å². The lowest BCUT2D eigenvalue weighted by Crippen LogP contribution is -2.61. The van der Waals surface area contributed by atoms with Crippen molar-refractivity contribution >= 4 is 24.1 Å². The Morgan fingerprint density at radius 1 is 0.368 bits per heavy atom. The van der Waals surface area contributed by atoms with Gasteiger partial charge in [0, 0.05) is 26.2 Å². The van der Waals surface area contributed by atoms with Gasteiger partial charge in [0.1, 0.15) is 13.3 Å². The van der Waals surface area contributed by atoms with Crippen molar-refractivity contribution in [3.63, 3.8) is 0 Å². The van der Waals surface area contributed by atoms with Crippen LogP contribution < -0.4 is 0 Å². The zero-order valence-corrected chi connectivity index (χ0v) is 20.4. The molecule has 0 spiro atoms. The highest BCUT2D eigenvalue weighted by Gasteiger charge is 2.66. The highest BCUT2D eigenvalue weighted by Crippen LogP contribution is 2.44. The summed E-state index contributed by atoms with van der Waals surface area (Å²) in [4.78, 5) is 69.3. The SMILES string of the molecule is O=C1N2Cc3ccc(cc3)CN3C(=O)N4CN5C(=O)N6Cc7ccc(cc7)CN7C(=O)N(CN1C4C23)C5C76. The molecule has 4 bridgehead atoms. The Morgan fingerprint density at radius 3 is 0.816 bits per heavy atom. The zero-order chi connectivity index (χ0) is 25.4. The maximum atomic E-state index is 13.9. The molecule has 5 saturated heterocycles. The van der Waals surface area contributed by atoms with E-state index in [9.17, 15) is 19.2 Å². The van der Waals surface area contributed by atoms with Gasteiger partial charge in [-0.1, -0.05) is 48.5 Å². The van der Waals surface area contributed by atoms with Gasteiger partial charge in [0.25, 0.3) is 0 Å². The zero-order valence-electron chi connectivity index (χ0n) is 20.4. The lowest BCUT2D eigenvalue weighted by atomic mass is 10.1. The first kappa shape index (κ1) is 20.6. The van der Waals surface area contributed by atoms with Crippen molar-refractivity contribution in [3.8, 4) is 0 Å². The van der Waals surface area contributed by atoms with Crippen molar-refractivity contribution in [2.24, 2.45) is 0 Å². The smallest absolute Gasteiger partial charge is 0.296 e. The fraction of sp³-hybridized carbons (Fsp3) is 0.385. The lowest BCUT2D eigenvalue weighted by Gasteiger charge is -2.41. The monoisotopic (exact) mass is 512 g/mol. The number of hydrogen-bond acceptors (Lipinski definition) is 4. The molecule has 2 aromatic carbocycles. The molecular formula is C26H24N8O4. The van der Waals surface area contributed by atoms with Gasteiger partial charge in [-0.3, -0.25) is 39.2 Å². The van der Waals surface area contributed by atoms with Crippen molar-refractivity contribution in [3.05, 3.63) is 70.8 Å². The van der Waals surface area contributed by atoms with Crippen LogP contribution in [-0.2, 0) is 26.2 Å². The maximum absolute atomic E-state index is 13.9. The minimum atomic E-state index is -0.601. The standard InChI is InChI=1S/C26H24N8O4/c35-23-27-9-15-1-2-16(4-3-15)10-28-19(27)21-31(23)13-33-22-20-29(25(33)37)11-17-5-7-18(8-6-17)12-30(20)26(38)34(22)14-32(21)24(28)36/h1-8,19-22H,9-14H2. The second kappa shape index (κ2) is 6.69. The van der Waals surface area contributed by atoms with Gasteiger partial charge in [-0.25, -0.2) is 19.2 Å². The Morgan fingerprint density at radius 2 is 0.579 bits per heavy atom. The third-order valence-corrected chi connectivity index (χ3v) is 9.12. The highest BCUT2D eigenvalue weighted by molar-refractivity contribution is 5.89. The van der Waals surface area contributed by atoms with E-state index in [1.165, 1.54) is 0 Å². The third-order valence-electron chi connectivity index (χ3n) is 9.12. The number of carbonyl (C=O) groups is 4. The lowest BCUT2D eigenvalue weighted by molar-refractivity contribution is -0.00245. The number of fused-ring (bicyclic) bond motifs is 4. The van der Waals surface area contributed by atoms with Crippen LogP contribution in [0.1, 0.15) is 22.3 Å². The second-order valence-electron chi connectivity index (χ2n) is 11.1. The first-order valence-corrected chi connectivity index (χ1v) is 12.9. The van der Waals surface area contributed by atoms with Crippen LogP contribution in [-0.4, -0.2) is 101 Å². The number of urea groups is 4. The van der Waals surface area contributed by atoms with Gasteiger partial charge in [0.2, 0.25) is 0 Å². The van der Waals surface area contributed by atoms with Gasteiger partial charge >= 0.3 is 24.1 Å². The van der Waals surface area contributed by atoms with Gasteiger partial charge in [-0.15, -0.1) is 0 Å². The molecule has 9 aliphatic rings. The van der Waals surface area contributed by atoms with Gasteiger partial charge in [0.05, 0.1) is 0 Å². The van der Waals surface area contributed by atoms with Crippen LogP contribution in [0.2, 0.25) is 0 Å². The summed E-state index contributed by atoms with van der Waals surface area (Å²) in [5.74, 6) is 0. The summed E-state index contributed by atoms with van der Waals surface area (Å²) in [6.07, 6.45) is -2.22. The van der Waals surface area contributed by atoms with Gasteiger partial charge in [-0.2, -0.15) is 0 Å². The van der Waals surface area contributed by atoms with E-state index < -0.39 is 24.7 Å². The Bertz CT molecular complexity index is 1230. The van der Waals surface area contributed by atoms with Crippen LogP contribution in [0.15, 0.2) is 48.5 Å². The minimum Gasteiger partial charge on any atom is -0.296 e. The van der Waals surface area contributed by atoms with Gasteiger partial charge in [0.15, 0.2) is 24.7 Å². The van der Waals surface area contributed by atoms with E-state index in [2.05, 4.69) is 0 Å². The predicted molar refractivity (Wildman–Crippen MR) is 129 cm³/mol. The summed E-state index contributed by atoms with van der Waals surface area (Å²) in [5, 5.41) is 0. The molecular weight excluding hydrogens is 488 g/mol. The molecule has 0 saturated carbocycles. The number of rotatable bonds is 0. The third kappa shape index (κ3) is 2.36. The van der Waals surface area contributed by atoms with Crippen LogP contribution in [0, 0.1) is 0 Å². The van der Waals surface area contributed by atoms with Crippen molar-refractivity contribution in [1.82, 2.24) is 39.2 Å². The molecule has 2 aromatic rings. The molecule has 11 rings (SSSR count). The molecule has 0 N–H and O–H groups in total. The maximum Gasteiger partial charge on any atom is 0.325 e. The summed E-state index contributed by atoms with van der Waals surface area (Å²) < 4.78 is 0. The molecule has 9 aliphatic heterocycles. The number of carbonyl (C=O) groups excluding carboxylic acids is 4. The first-order chi connectivity index (χ1) is 18.5. The minimum absolute atomic E-state index is 0.0113. The van der Waals surface area contributed by atoms with Gasteiger partial charge < -0.3 is 0 Å². The Balaban J connectivity index is 1.17. The average molecular weight is 513 g/mol. The van der Waals surface area contributed by atoms with E-state index in [1.54, 1.807) is 39.2 Å². The summed E-state index contributed by atoms with van der Waals surface area (Å²) >= 11 is 0. The van der Waals surface area contributed by atoms with Crippen molar-refractivity contribution in [2.45, 2.75) is 50.8 Å². The normalized spacial score (nSPS) is 30.3. The molecule has 0 aromatic heterocycles. The largest absolute Gasteiger partial charge is 0.325 e. The molecule has 0 aliphatic carbocycles. The van der Waals surface area contributed by atoms with Crippen molar-refractivity contribution in [2.75, 3.05) is 13.3 Å². The summed E-state index contributed by atoms with van der Waals surface area (Å²) in [7, 11) is 0. The van der Waals surface area contributed by atoms with Gasteiger partial charge in [-0.05, 0) is 22.3 Å². The van der Waals surface area contributed by atoms with E-state index >= 15 is 0 Å². The Hall–Kier alpha value is -4.48. The molecule has 12 heteroatoms. The first-order valence-electron chi connectivity index (χ1n) is 12.9. The van der Waals surface area contributed by atoms with Crippen LogP contribution >= 0.6 is 0 Å². The summed E-state index contributed by atoms with van der Waals surface area (Å²) in [6, 6.07) is 15.1. The predicted octanol–water partition coefficient (Wildman–Crippen LogP) is 1.60. The van der Waals surface area contributed by atoms with Crippen molar-refractivity contribution in [1.29, 1.82) is 0 Å². The van der Waals surface area contributed by atoms with E-state index in [0.717, 1.165) is 22.3 Å². The molecule has 0 radical (unpaired) electrons. The van der Waals surface area contributed by atoms with E-state index in [-0.39, 0.29) is 37.5 Å². The highest BCUT2D eigenvalue weighted by atomic mass is 16.2. The molecule has 8 amide bonds. The van der Waals surface area contributed by atoms with Crippen molar-refractivity contribution < 1.29 is 19.2 Å². The number of hydrogen-bond donors (Lipinski definition) is 0. The number of amides is 8. The summed E-state index contributed by atoms with van der Waals surface area (Å²) in [5.41, 5.74) is 3.95. The Kier molecular flexibility index (Phi) is 3.62. The van der Waals surface area contributed by atoms with E-state index in [0.29, 0.717) is 26.2 Å². The molecule has 0 atom stereocenters. The molecule has 5 fully saturated rings.